The number of thiazole rings is 1. The zero-order chi connectivity index (χ0) is 14.0. The van der Waals surface area contributed by atoms with Crippen molar-refractivity contribution in [3.8, 4) is 5.75 Å². The Morgan fingerprint density at radius 1 is 1.47 bits per heavy atom. The maximum atomic E-state index is 13.0. The van der Waals surface area contributed by atoms with Gasteiger partial charge in [-0.15, -0.1) is 0 Å². The zero-order valence-electron chi connectivity index (χ0n) is 9.55. The predicted octanol–water partition coefficient (Wildman–Crippen LogP) is 2.75. The maximum Gasteiger partial charge on any atom is 0.273 e. The van der Waals surface area contributed by atoms with Crippen molar-refractivity contribution in [1.82, 2.24) is 4.98 Å². The van der Waals surface area contributed by atoms with Crippen LogP contribution in [0, 0.1) is 5.82 Å². The number of aromatic nitrogens is 1. The quantitative estimate of drug-likeness (QED) is 0.939. The van der Waals surface area contributed by atoms with Crippen molar-refractivity contribution in [3.63, 3.8) is 0 Å². The minimum absolute atomic E-state index is 0.0381. The molecule has 2 aromatic rings. The van der Waals surface area contributed by atoms with E-state index in [1.165, 1.54) is 13.2 Å². The number of nitrogens with one attached hydrogen (secondary N) is 1. The predicted molar refractivity (Wildman–Crippen MR) is 70.9 cm³/mol. The summed E-state index contributed by atoms with van der Waals surface area (Å²) in [6.45, 7) is 0. The first-order valence-corrected chi connectivity index (χ1v) is 7.58. The first-order chi connectivity index (χ1) is 8.92. The normalized spacial score (nSPS) is 11.3. The number of halogens is 2. The number of benzene rings is 1. The topological polar surface area (TPSA) is 68.3 Å². The Labute approximate surface area is 118 Å². The molecule has 19 heavy (non-hydrogen) atoms. The highest BCUT2D eigenvalue weighted by atomic mass is 35.5. The molecule has 0 bridgehead atoms. The Hall–Kier alpha value is -1.38. The van der Waals surface area contributed by atoms with E-state index in [9.17, 15) is 12.8 Å². The van der Waals surface area contributed by atoms with E-state index in [2.05, 4.69) is 9.71 Å². The lowest BCUT2D eigenvalue weighted by Gasteiger charge is -2.10. The highest BCUT2D eigenvalue weighted by molar-refractivity contribution is 7.94. The fraction of sp³-hybridized carbons (Fsp3) is 0.100. The smallest absolute Gasteiger partial charge is 0.273 e. The van der Waals surface area contributed by atoms with Crippen molar-refractivity contribution in [2.24, 2.45) is 0 Å². The van der Waals surface area contributed by atoms with E-state index in [1.54, 1.807) is 0 Å². The van der Waals surface area contributed by atoms with Crippen LogP contribution in [0.2, 0.25) is 4.47 Å². The number of hydrogen-bond donors (Lipinski definition) is 1. The second-order valence-electron chi connectivity index (χ2n) is 3.38. The molecule has 0 spiro atoms. The summed E-state index contributed by atoms with van der Waals surface area (Å²) < 4.78 is 44.3. The molecule has 0 atom stereocenters. The summed E-state index contributed by atoms with van der Waals surface area (Å²) in [5.41, 5.74) is 0.133. The van der Waals surface area contributed by atoms with Crippen LogP contribution in [0.25, 0.3) is 0 Å². The Bertz CT molecular complexity index is 703. The molecular weight excluding hydrogens is 315 g/mol. The van der Waals surface area contributed by atoms with Crippen molar-refractivity contribution in [2.45, 2.75) is 4.21 Å². The van der Waals surface area contributed by atoms with E-state index in [0.717, 1.165) is 29.7 Å². The minimum Gasteiger partial charge on any atom is -0.494 e. The molecule has 9 heteroatoms. The highest BCUT2D eigenvalue weighted by Crippen LogP contribution is 2.29. The third-order valence-corrected chi connectivity index (χ3v) is 5.07. The van der Waals surface area contributed by atoms with Crippen LogP contribution < -0.4 is 9.46 Å². The standard InChI is InChI=1S/C10H8ClFN2O3S2/c1-17-8-4-6(12)2-3-7(8)14-19(15,16)9-5-13-10(11)18-9/h2-5,14H,1H3. The number of rotatable bonds is 4. The molecule has 2 rings (SSSR count). The lowest BCUT2D eigenvalue weighted by Crippen LogP contribution is -2.12. The third kappa shape index (κ3) is 3.14. The van der Waals surface area contributed by atoms with Crippen molar-refractivity contribution in [1.29, 1.82) is 0 Å². The molecule has 0 aliphatic rings. The molecule has 0 saturated heterocycles. The molecule has 0 amide bonds. The van der Waals surface area contributed by atoms with Gasteiger partial charge in [-0.2, -0.15) is 0 Å². The number of nitrogens with zero attached hydrogens (tertiary/aromatic N) is 1. The van der Waals surface area contributed by atoms with Crippen LogP contribution in [0.15, 0.2) is 28.6 Å². The first-order valence-electron chi connectivity index (χ1n) is 4.90. The Morgan fingerprint density at radius 2 is 2.21 bits per heavy atom. The van der Waals surface area contributed by atoms with Gasteiger partial charge in [-0.3, -0.25) is 4.72 Å². The molecule has 102 valence electrons. The fourth-order valence-electron chi connectivity index (χ4n) is 1.31. The monoisotopic (exact) mass is 322 g/mol. The molecule has 0 fully saturated rings. The van der Waals surface area contributed by atoms with Gasteiger partial charge in [0.2, 0.25) is 0 Å². The SMILES string of the molecule is COc1cc(F)ccc1NS(=O)(=O)c1cnc(Cl)s1. The van der Waals surface area contributed by atoms with Gasteiger partial charge in [0.15, 0.2) is 8.68 Å². The highest BCUT2D eigenvalue weighted by Gasteiger charge is 2.19. The minimum atomic E-state index is -3.82. The zero-order valence-corrected chi connectivity index (χ0v) is 11.9. The van der Waals surface area contributed by atoms with Gasteiger partial charge in [-0.05, 0) is 12.1 Å². The van der Waals surface area contributed by atoms with Crippen molar-refractivity contribution in [3.05, 3.63) is 34.7 Å². The van der Waals surface area contributed by atoms with Gasteiger partial charge in [-0.25, -0.2) is 17.8 Å². The van der Waals surface area contributed by atoms with Crippen LogP contribution in [0.3, 0.4) is 0 Å². The summed E-state index contributed by atoms with van der Waals surface area (Å²) in [4.78, 5) is 3.65. The molecule has 0 aliphatic carbocycles. The number of ether oxygens (including phenoxy) is 1. The van der Waals surface area contributed by atoms with Crippen LogP contribution in [-0.4, -0.2) is 20.5 Å². The second kappa shape index (κ2) is 5.32. The van der Waals surface area contributed by atoms with Crippen LogP contribution in [0.1, 0.15) is 0 Å². The van der Waals surface area contributed by atoms with Gasteiger partial charge in [0.1, 0.15) is 11.6 Å². The van der Waals surface area contributed by atoms with Crippen LogP contribution in [0.5, 0.6) is 5.75 Å². The van der Waals surface area contributed by atoms with Crippen molar-refractivity contribution in [2.75, 3.05) is 11.8 Å². The van der Waals surface area contributed by atoms with Crippen LogP contribution in [0.4, 0.5) is 10.1 Å². The summed E-state index contributed by atoms with van der Waals surface area (Å²) in [5, 5.41) is 0. The molecule has 5 nitrogen and oxygen atoms in total. The van der Waals surface area contributed by atoms with Gasteiger partial charge >= 0.3 is 0 Å². The third-order valence-electron chi connectivity index (χ3n) is 2.13. The molecule has 0 unspecified atom stereocenters. The average Bonchev–Trinajstić information content (AvgIpc) is 2.79. The summed E-state index contributed by atoms with van der Waals surface area (Å²) >= 11 is 6.41. The van der Waals surface area contributed by atoms with E-state index in [1.807, 2.05) is 0 Å². The molecule has 0 aliphatic heterocycles. The molecular formula is C10H8ClFN2O3S2. The first kappa shape index (κ1) is 14.0. The van der Waals surface area contributed by atoms with Crippen molar-refractivity contribution >= 4 is 38.6 Å². The Kier molecular flexibility index (Phi) is 3.93. The molecule has 0 radical (unpaired) electrons. The summed E-state index contributed by atoms with van der Waals surface area (Å²) in [5.74, 6) is -0.445. The van der Waals surface area contributed by atoms with Gasteiger partial charge in [0, 0.05) is 6.07 Å². The maximum absolute atomic E-state index is 13.0. The number of hydrogen-bond acceptors (Lipinski definition) is 5. The second-order valence-corrected chi connectivity index (χ2v) is 6.90. The summed E-state index contributed by atoms with van der Waals surface area (Å²) in [7, 11) is -2.50. The lowest BCUT2D eigenvalue weighted by molar-refractivity contribution is 0.413. The van der Waals surface area contributed by atoms with E-state index in [-0.39, 0.29) is 20.1 Å². The summed E-state index contributed by atoms with van der Waals surface area (Å²) in [6, 6.07) is 3.48. The molecule has 1 N–H and O–H groups in total. The van der Waals surface area contributed by atoms with Crippen LogP contribution >= 0.6 is 22.9 Å². The van der Waals surface area contributed by atoms with Crippen LogP contribution in [-0.2, 0) is 10.0 Å². The van der Waals surface area contributed by atoms with Gasteiger partial charge < -0.3 is 4.74 Å². The van der Waals surface area contributed by atoms with Gasteiger partial charge in [0.05, 0.1) is 19.0 Å². The van der Waals surface area contributed by atoms with Gasteiger partial charge in [-0.1, -0.05) is 22.9 Å². The van der Waals surface area contributed by atoms with E-state index in [0.29, 0.717) is 0 Å². The van der Waals surface area contributed by atoms with E-state index in [4.69, 9.17) is 16.3 Å². The molecule has 0 saturated carbocycles. The van der Waals surface area contributed by atoms with Crippen molar-refractivity contribution < 1.29 is 17.5 Å². The van der Waals surface area contributed by atoms with Gasteiger partial charge in [0.25, 0.3) is 10.0 Å². The van der Waals surface area contributed by atoms with E-state index >= 15 is 0 Å². The largest absolute Gasteiger partial charge is 0.494 e. The molecule has 1 aromatic heterocycles. The number of methoxy groups -OCH3 is 1. The molecule has 1 heterocycles. The fourth-order valence-corrected chi connectivity index (χ4v) is 3.67. The number of sulfonamides is 1. The Balaban J connectivity index is 2.35. The summed E-state index contributed by atoms with van der Waals surface area (Å²) in [6.07, 6.45) is 1.14. The Morgan fingerprint density at radius 3 is 2.79 bits per heavy atom. The lowest BCUT2D eigenvalue weighted by atomic mass is 10.3. The molecule has 1 aromatic carbocycles. The van der Waals surface area contributed by atoms with E-state index < -0.39 is 15.8 Å². The number of anilines is 1. The average molecular weight is 323 g/mol.